The molecule has 0 unspecified atom stereocenters. The van der Waals surface area contributed by atoms with Crippen LogP contribution in [-0.4, -0.2) is 4.98 Å². The minimum Gasteiger partial charge on any atom is -0.361 e. The molecule has 0 atom stereocenters. The Kier molecular flexibility index (Phi) is 2.18. The molecule has 0 amide bonds. The first kappa shape index (κ1) is 10.0. The summed E-state index contributed by atoms with van der Waals surface area (Å²) in [6.45, 7) is 0. The maximum absolute atomic E-state index is 13.2. The van der Waals surface area contributed by atoms with Crippen LogP contribution < -0.4 is 0 Å². The summed E-state index contributed by atoms with van der Waals surface area (Å²) in [5, 5.41) is 0.900. The van der Waals surface area contributed by atoms with Crippen molar-refractivity contribution in [3.05, 3.63) is 60.3 Å². The lowest BCUT2D eigenvalue weighted by Gasteiger charge is -2.00. The van der Waals surface area contributed by atoms with Crippen LogP contribution in [0, 0.1) is 17.7 Å². The van der Waals surface area contributed by atoms with Crippen LogP contribution >= 0.6 is 0 Å². The Balaban J connectivity index is 2.27. The molecule has 0 saturated heterocycles. The number of H-pyrrole nitrogens is 1. The molecule has 0 bridgehead atoms. The lowest BCUT2D eigenvalue weighted by molar-refractivity contribution is 0.584. The number of nitrogens with one attached hydrogen (secondary N) is 1. The van der Waals surface area contributed by atoms with Gasteiger partial charge in [0.1, 0.15) is 11.6 Å². The van der Waals surface area contributed by atoms with Crippen LogP contribution in [0.25, 0.3) is 22.0 Å². The van der Waals surface area contributed by atoms with E-state index >= 15 is 0 Å². The number of aromatic amines is 1. The normalized spacial score (nSPS) is 10.9. The molecular formula is C14H8F2N. The summed E-state index contributed by atoms with van der Waals surface area (Å²) < 4.78 is 26.3. The van der Waals surface area contributed by atoms with E-state index in [1.807, 2.05) is 6.07 Å². The zero-order chi connectivity index (χ0) is 11.8. The van der Waals surface area contributed by atoms with Crippen molar-refractivity contribution in [2.45, 2.75) is 0 Å². The van der Waals surface area contributed by atoms with Crippen molar-refractivity contribution in [1.82, 2.24) is 4.98 Å². The number of halogens is 2. The van der Waals surface area contributed by atoms with Crippen LogP contribution in [0.15, 0.2) is 42.6 Å². The van der Waals surface area contributed by atoms with Gasteiger partial charge in [-0.25, -0.2) is 8.78 Å². The van der Waals surface area contributed by atoms with Gasteiger partial charge in [0, 0.05) is 28.7 Å². The lowest BCUT2D eigenvalue weighted by atomic mass is 10.0. The van der Waals surface area contributed by atoms with E-state index in [1.165, 1.54) is 12.1 Å². The first-order valence-electron chi connectivity index (χ1n) is 5.18. The number of hydrogen-bond acceptors (Lipinski definition) is 0. The fourth-order valence-electron chi connectivity index (χ4n) is 1.95. The molecule has 0 fully saturated rings. The number of hydrogen-bond donors (Lipinski definition) is 1. The smallest absolute Gasteiger partial charge is 0.126 e. The van der Waals surface area contributed by atoms with E-state index < -0.39 is 11.6 Å². The molecule has 1 radical (unpaired) electrons. The quantitative estimate of drug-likeness (QED) is 0.649. The molecule has 17 heavy (non-hydrogen) atoms. The van der Waals surface area contributed by atoms with Gasteiger partial charge in [0.2, 0.25) is 0 Å². The van der Waals surface area contributed by atoms with Crippen molar-refractivity contribution >= 4 is 10.9 Å². The van der Waals surface area contributed by atoms with Crippen LogP contribution in [-0.2, 0) is 0 Å². The average molecular weight is 228 g/mol. The first-order chi connectivity index (χ1) is 8.24. The summed E-state index contributed by atoms with van der Waals surface area (Å²) in [4.78, 5) is 3.06. The van der Waals surface area contributed by atoms with E-state index in [1.54, 1.807) is 18.3 Å². The Labute approximate surface area is 96.7 Å². The molecule has 0 aliphatic rings. The number of fused-ring (bicyclic) bond motifs is 1. The molecule has 3 rings (SSSR count). The maximum Gasteiger partial charge on any atom is 0.126 e. The second-order valence-electron chi connectivity index (χ2n) is 3.83. The molecule has 0 spiro atoms. The van der Waals surface area contributed by atoms with Crippen molar-refractivity contribution in [1.29, 1.82) is 0 Å². The van der Waals surface area contributed by atoms with Gasteiger partial charge in [-0.3, -0.25) is 0 Å². The zero-order valence-corrected chi connectivity index (χ0v) is 8.80. The van der Waals surface area contributed by atoms with Crippen LogP contribution in [0.4, 0.5) is 8.78 Å². The van der Waals surface area contributed by atoms with Crippen molar-refractivity contribution in [3.8, 4) is 11.1 Å². The Hall–Kier alpha value is -2.16. The van der Waals surface area contributed by atoms with Crippen molar-refractivity contribution < 1.29 is 8.78 Å². The van der Waals surface area contributed by atoms with Gasteiger partial charge in [0.15, 0.2) is 0 Å². The van der Waals surface area contributed by atoms with Gasteiger partial charge in [-0.05, 0) is 35.9 Å². The predicted molar refractivity (Wildman–Crippen MR) is 62.5 cm³/mol. The van der Waals surface area contributed by atoms with Gasteiger partial charge in [-0.15, -0.1) is 0 Å². The number of aromatic nitrogens is 1. The highest BCUT2D eigenvalue weighted by atomic mass is 19.1. The van der Waals surface area contributed by atoms with Crippen molar-refractivity contribution in [2.75, 3.05) is 0 Å². The Morgan fingerprint density at radius 3 is 2.59 bits per heavy atom. The van der Waals surface area contributed by atoms with E-state index in [0.717, 1.165) is 22.5 Å². The lowest BCUT2D eigenvalue weighted by Crippen LogP contribution is -1.82. The average Bonchev–Trinajstić information content (AvgIpc) is 2.71. The molecule has 0 saturated carbocycles. The second-order valence-corrected chi connectivity index (χ2v) is 3.83. The van der Waals surface area contributed by atoms with Gasteiger partial charge in [-0.2, -0.15) is 0 Å². The van der Waals surface area contributed by atoms with Crippen LogP contribution in [0.1, 0.15) is 0 Å². The summed E-state index contributed by atoms with van der Waals surface area (Å²) in [5.41, 5.74) is 2.21. The van der Waals surface area contributed by atoms with Crippen LogP contribution in [0.3, 0.4) is 0 Å². The Morgan fingerprint density at radius 1 is 1.06 bits per heavy atom. The largest absolute Gasteiger partial charge is 0.361 e. The summed E-state index contributed by atoms with van der Waals surface area (Å²) in [7, 11) is 0. The van der Waals surface area contributed by atoms with Gasteiger partial charge in [0.05, 0.1) is 0 Å². The molecule has 0 aliphatic carbocycles. The van der Waals surface area contributed by atoms with Crippen LogP contribution in [0.5, 0.6) is 0 Å². The molecule has 83 valence electrons. The predicted octanol–water partition coefficient (Wildman–Crippen LogP) is 3.91. The number of benzene rings is 2. The van der Waals surface area contributed by atoms with Gasteiger partial charge >= 0.3 is 0 Å². The summed E-state index contributed by atoms with van der Waals surface area (Å²) in [6, 6.07) is 11.9. The van der Waals surface area contributed by atoms with Crippen molar-refractivity contribution in [3.63, 3.8) is 0 Å². The fourth-order valence-corrected chi connectivity index (χ4v) is 1.95. The molecule has 2 aromatic carbocycles. The third-order valence-electron chi connectivity index (χ3n) is 2.70. The Morgan fingerprint density at radius 2 is 1.82 bits per heavy atom. The summed E-state index contributed by atoms with van der Waals surface area (Å²) in [5.74, 6) is -1.15. The van der Waals surface area contributed by atoms with Crippen molar-refractivity contribution in [2.24, 2.45) is 0 Å². The monoisotopic (exact) mass is 228 g/mol. The summed E-state index contributed by atoms with van der Waals surface area (Å²) >= 11 is 0. The molecular weight excluding hydrogens is 220 g/mol. The zero-order valence-electron chi connectivity index (χ0n) is 8.80. The topological polar surface area (TPSA) is 15.8 Å². The third-order valence-corrected chi connectivity index (χ3v) is 2.70. The molecule has 3 heteroatoms. The highest BCUT2D eigenvalue weighted by Crippen LogP contribution is 2.29. The maximum atomic E-state index is 13.2. The molecule has 1 nitrogen and oxygen atoms in total. The molecule has 1 aromatic heterocycles. The molecule has 3 aromatic rings. The molecule has 1 heterocycles. The number of rotatable bonds is 1. The van der Waals surface area contributed by atoms with Gasteiger partial charge in [0.25, 0.3) is 0 Å². The third kappa shape index (κ3) is 1.69. The van der Waals surface area contributed by atoms with E-state index in [-0.39, 0.29) is 0 Å². The SMILES string of the molecule is Fc1cc(F)cc(-c2c[nH]c3cc[c]cc23)c1. The minimum absolute atomic E-state index is 0.522. The van der Waals surface area contributed by atoms with E-state index in [0.29, 0.717) is 5.56 Å². The minimum atomic E-state index is -0.575. The van der Waals surface area contributed by atoms with Gasteiger partial charge in [-0.1, -0.05) is 6.07 Å². The first-order valence-corrected chi connectivity index (χ1v) is 5.18. The molecule has 0 aliphatic heterocycles. The highest BCUT2D eigenvalue weighted by molar-refractivity contribution is 5.95. The van der Waals surface area contributed by atoms with Gasteiger partial charge < -0.3 is 4.98 Å². The van der Waals surface area contributed by atoms with E-state index in [2.05, 4.69) is 11.1 Å². The van der Waals surface area contributed by atoms with E-state index in [4.69, 9.17) is 0 Å². The molecule has 1 N–H and O–H groups in total. The van der Waals surface area contributed by atoms with E-state index in [9.17, 15) is 8.78 Å². The summed E-state index contributed by atoms with van der Waals surface area (Å²) in [6.07, 6.45) is 1.74. The second kappa shape index (κ2) is 3.70. The Bertz CT molecular complexity index is 665. The standard InChI is InChI=1S/C14H8F2N/c15-10-5-9(6-11(16)7-10)13-8-17-14-4-2-1-3-12(13)14/h2-8,17H. The fraction of sp³-hybridized carbons (Fsp3) is 0. The highest BCUT2D eigenvalue weighted by Gasteiger charge is 2.08. The van der Waals surface area contributed by atoms with Crippen LogP contribution in [0.2, 0.25) is 0 Å².